The van der Waals surface area contributed by atoms with Gasteiger partial charge in [-0.15, -0.1) is 0 Å². The molecule has 1 saturated carbocycles. The van der Waals surface area contributed by atoms with E-state index in [4.69, 9.17) is 10.7 Å². The van der Waals surface area contributed by atoms with Crippen LogP contribution in [0.1, 0.15) is 19.3 Å². The third-order valence-electron chi connectivity index (χ3n) is 1.59. The number of carbonyl (C=O) groups is 1. The van der Waals surface area contributed by atoms with Crippen molar-refractivity contribution in [2.24, 2.45) is 0 Å². The van der Waals surface area contributed by atoms with Crippen LogP contribution in [0.3, 0.4) is 0 Å². The van der Waals surface area contributed by atoms with Crippen LogP contribution >= 0.6 is 10.7 Å². The van der Waals surface area contributed by atoms with E-state index in [-0.39, 0.29) is 5.78 Å². The van der Waals surface area contributed by atoms with Crippen molar-refractivity contribution >= 4 is 25.5 Å². The van der Waals surface area contributed by atoms with Crippen molar-refractivity contribution in [3.63, 3.8) is 0 Å². The van der Waals surface area contributed by atoms with Crippen LogP contribution in [0.4, 0.5) is 0 Å². The predicted molar refractivity (Wildman–Crippen MR) is 37.4 cm³/mol. The number of ketones is 1. The van der Waals surface area contributed by atoms with Crippen LogP contribution in [0.2, 0.25) is 0 Å². The Kier molecular flexibility index (Phi) is 2.01. The van der Waals surface area contributed by atoms with E-state index in [1.807, 2.05) is 0 Å². The van der Waals surface area contributed by atoms with Crippen molar-refractivity contribution in [2.45, 2.75) is 24.5 Å². The van der Waals surface area contributed by atoms with Gasteiger partial charge in [-0.05, 0) is 12.8 Å². The number of carbonyl (C=O) groups excluding carboxylic acids is 1. The van der Waals surface area contributed by atoms with E-state index in [1.54, 1.807) is 0 Å². The van der Waals surface area contributed by atoms with Gasteiger partial charge >= 0.3 is 0 Å². The second kappa shape index (κ2) is 2.51. The maximum absolute atomic E-state index is 10.8. The van der Waals surface area contributed by atoms with E-state index in [0.717, 1.165) is 0 Å². The highest BCUT2D eigenvalue weighted by Gasteiger charge is 2.34. The van der Waals surface area contributed by atoms with E-state index in [0.29, 0.717) is 19.3 Å². The Morgan fingerprint density at radius 1 is 1.50 bits per heavy atom. The zero-order valence-electron chi connectivity index (χ0n) is 5.21. The molecule has 5 heteroatoms. The summed E-state index contributed by atoms with van der Waals surface area (Å²) in [6, 6.07) is 0. The molecular formula is C5H7ClO3S. The quantitative estimate of drug-likeness (QED) is 0.561. The Bertz CT molecular complexity index is 244. The van der Waals surface area contributed by atoms with Crippen LogP contribution in [0.5, 0.6) is 0 Å². The lowest BCUT2D eigenvalue weighted by atomic mass is 10.3. The average Bonchev–Trinajstić information content (AvgIpc) is 2.11. The van der Waals surface area contributed by atoms with Crippen LogP contribution < -0.4 is 0 Å². The first-order valence-electron chi connectivity index (χ1n) is 2.98. The van der Waals surface area contributed by atoms with Gasteiger partial charge < -0.3 is 0 Å². The van der Waals surface area contributed by atoms with Crippen LogP contribution in [0.25, 0.3) is 0 Å². The minimum Gasteiger partial charge on any atom is -0.298 e. The summed E-state index contributed by atoms with van der Waals surface area (Å²) in [4.78, 5) is 10.8. The van der Waals surface area contributed by atoms with Crippen molar-refractivity contribution in [1.29, 1.82) is 0 Å². The molecule has 1 atom stereocenters. The van der Waals surface area contributed by atoms with Crippen molar-refractivity contribution in [1.82, 2.24) is 0 Å². The molecule has 0 saturated heterocycles. The second-order valence-corrected chi connectivity index (χ2v) is 5.13. The molecule has 1 unspecified atom stereocenters. The highest BCUT2D eigenvalue weighted by atomic mass is 35.7. The molecule has 0 radical (unpaired) electrons. The molecule has 0 bridgehead atoms. The van der Waals surface area contributed by atoms with Gasteiger partial charge in [0.25, 0.3) is 0 Å². The van der Waals surface area contributed by atoms with E-state index >= 15 is 0 Å². The number of rotatable bonds is 1. The molecule has 0 spiro atoms. The summed E-state index contributed by atoms with van der Waals surface area (Å²) in [5.74, 6) is -0.241. The van der Waals surface area contributed by atoms with Gasteiger partial charge in [-0.2, -0.15) is 0 Å². The third-order valence-corrected chi connectivity index (χ3v) is 3.41. The first-order valence-corrected chi connectivity index (χ1v) is 5.35. The largest absolute Gasteiger partial charge is 0.298 e. The van der Waals surface area contributed by atoms with Gasteiger partial charge in [0.15, 0.2) is 5.78 Å². The zero-order chi connectivity index (χ0) is 7.78. The molecule has 1 aliphatic rings. The molecule has 0 aliphatic heterocycles. The Labute approximate surface area is 63.8 Å². The molecule has 3 nitrogen and oxygen atoms in total. The summed E-state index contributed by atoms with van der Waals surface area (Å²) in [7, 11) is 1.36. The Balaban J connectivity index is 2.84. The lowest BCUT2D eigenvalue weighted by molar-refractivity contribution is -0.117. The SMILES string of the molecule is O=C1CCCC1S(=O)(=O)Cl. The van der Waals surface area contributed by atoms with Gasteiger partial charge in [0.05, 0.1) is 0 Å². The van der Waals surface area contributed by atoms with Crippen molar-refractivity contribution < 1.29 is 13.2 Å². The van der Waals surface area contributed by atoms with Gasteiger partial charge in [0, 0.05) is 17.1 Å². The number of hydrogen-bond acceptors (Lipinski definition) is 3. The maximum atomic E-state index is 10.8. The van der Waals surface area contributed by atoms with Crippen LogP contribution in [-0.4, -0.2) is 19.5 Å². The monoisotopic (exact) mass is 182 g/mol. The lowest BCUT2D eigenvalue weighted by Crippen LogP contribution is -2.20. The molecule has 58 valence electrons. The molecule has 1 rings (SSSR count). The van der Waals surface area contributed by atoms with Crippen LogP contribution in [0.15, 0.2) is 0 Å². The average molecular weight is 183 g/mol. The summed E-state index contributed by atoms with van der Waals surface area (Å²) in [5.41, 5.74) is 0. The summed E-state index contributed by atoms with van der Waals surface area (Å²) in [6.07, 6.45) is 1.40. The highest BCUT2D eigenvalue weighted by Crippen LogP contribution is 2.23. The summed E-state index contributed by atoms with van der Waals surface area (Å²) >= 11 is 0. The first kappa shape index (κ1) is 8.01. The molecule has 1 fully saturated rings. The Morgan fingerprint density at radius 2 is 2.10 bits per heavy atom. The Hall–Kier alpha value is -0.0900. The molecule has 0 aromatic rings. The van der Waals surface area contributed by atoms with Gasteiger partial charge in [-0.1, -0.05) is 0 Å². The topological polar surface area (TPSA) is 51.2 Å². The van der Waals surface area contributed by atoms with Crippen LogP contribution in [0, 0.1) is 0 Å². The number of halogens is 1. The van der Waals surface area contributed by atoms with E-state index in [9.17, 15) is 13.2 Å². The molecular weight excluding hydrogens is 176 g/mol. The van der Waals surface area contributed by atoms with Gasteiger partial charge in [0.2, 0.25) is 9.05 Å². The molecule has 0 amide bonds. The third kappa shape index (κ3) is 1.49. The lowest BCUT2D eigenvalue weighted by Gasteiger charge is -1.99. The molecule has 10 heavy (non-hydrogen) atoms. The van der Waals surface area contributed by atoms with Crippen molar-refractivity contribution in [2.75, 3.05) is 0 Å². The van der Waals surface area contributed by atoms with Gasteiger partial charge in [0.1, 0.15) is 5.25 Å². The predicted octanol–water partition coefficient (Wildman–Crippen LogP) is 0.677. The minimum absolute atomic E-state index is 0.241. The summed E-state index contributed by atoms with van der Waals surface area (Å²) in [5, 5.41) is -0.922. The van der Waals surface area contributed by atoms with E-state index in [2.05, 4.69) is 0 Å². The smallest absolute Gasteiger partial charge is 0.242 e. The standard InChI is InChI=1S/C5H7ClO3S/c6-10(8,9)5-3-1-2-4(5)7/h5H,1-3H2. The van der Waals surface area contributed by atoms with Crippen molar-refractivity contribution in [3.8, 4) is 0 Å². The summed E-state index contributed by atoms with van der Waals surface area (Å²) in [6.45, 7) is 0. The van der Waals surface area contributed by atoms with Crippen LogP contribution in [-0.2, 0) is 13.8 Å². The Morgan fingerprint density at radius 3 is 2.30 bits per heavy atom. The van der Waals surface area contributed by atoms with Crippen molar-refractivity contribution in [3.05, 3.63) is 0 Å². The molecule has 0 aromatic carbocycles. The van der Waals surface area contributed by atoms with Gasteiger partial charge in [-0.3, -0.25) is 4.79 Å². The fraction of sp³-hybridized carbons (Fsp3) is 0.800. The molecule has 1 aliphatic carbocycles. The zero-order valence-corrected chi connectivity index (χ0v) is 6.78. The molecule has 0 aromatic heterocycles. The second-order valence-electron chi connectivity index (χ2n) is 2.32. The molecule has 0 heterocycles. The maximum Gasteiger partial charge on any atom is 0.242 e. The number of Topliss-reactive ketones (excluding diaryl/α,β-unsaturated/α-hetero) is 1. The normalized spacial score (nSPS) is 27.3. The molecule has 0 N–H and O–H groups in total. The fourth-order valence-electron chi connectivity index (χ4n) is 1.08. The fourth-order valence-corrected chi connectivity index (χ4v) is 2.53. The van der Waals surface area contributed by atoms with E-state index in [1.165, 1.54) is 0 Å². The number of hydrogen-bond donors (Lipinski definition) is 0. The first-order chi connectivity index (χ1) is 4.52. The van der Waals surface area contributed by atoms with E-state index < -0.39 is 14.3 Å². The highest BCUT2D eigenvalue weighted by molar-refractivity contribution is 8.14. The minimum atomic E-state index is -3.63. The van der Waals surface area contributed by atoms with Gasteiger partial charge in [-0.25, -0.2) is 8.42 Å². The summed E-state index contributed by atoms with van der Waals surface area (Å²) < 4.78 is 21.2.